The van der Waals surface area contributed by atoms with Gasteiger partial charge in [0.1, 0.15) is 0 Å². The zero-order valence-electron chi connectivity index (χ0n) is 9.18. The molecule has 0 spiro atoms. The summed E-state index contributed by atoms with van der Waals surface area (Å²) in [5.74, 6) is 0.290. The Morgan fingerprint density at radius 3 is 2.31 bits per heavy atom. The SMILES string of the molecule is COC(=O)c1ccc(C2CC(N)C2)cc1.Cl. The van der Waals surface area contributed by atoms with Crippen molar-refractivity contribution in [2.24, 2.45) is 5.73 Å². The van der Waals surface area contributed by atoms with E-state index in [4.69, 9.17) is 5.73 Å². The maximum atomic E-state index is 11.2. The Kier molecular flexibility index (Phi) is 4.33. The third kappa shape index (κ3) is 2.54. The first-order valence-electron chi connectivity index (χ1n) is 5.14. The van der Waals surface area contributed by atoms with E-state index in [2.05, 4.69) is 4.74 Å². The molecule has 88 valence electrons. The highest BCUT2D eigenvalue weighted by Crippen LogP contribution is 2.35. The highest BCUT2D eigenvalue weighted by molar-refractivity contribution is 5.89. The van der Waals surface area contributed by atoms with Crippen molar-refractivity contribution in [3.8, 4) is 0 Å². The van der Waals surface area contributed by atoms with Crippen LogP contribution >= 0.6 is 12.4 Å². The van der Waals surface area contributed by atoms with E-state index in [9.17, 15) is 4.79 Å². The minimum Gasteiger partial charge on any atom is -0.465 e. The topological polar surface area (TPSA) is 52.3 Å². The van der Waals surface area contributed by atoms with Crippen LogP contribution in [0.2, 0.25) is 0 Å². The van der Waals surface area contributed by atoms with Crippen molar-refractivity contribution in [2.75, 3.05) is 7.11 Å². The Morgan fingerprint density at radius 1 is 1.31 bits per heavy atom. The van der Waals surface area contributed by atoms with Crippen molar-refractivity contribution in [1.82, 2.24) is 0 Å². The number of hydrogen-bond acceptors (Lipinski definition) is 3. The van der Waals surface area contributed by atoms with Gasteiger partial charge in [0.15, 0.2) is 0 Å². The monoisotopic (exact) mass is 241 g/mol. The summed E-state index contributed by atoms with van der Waals surface area (Å²) in [7, 11) is 1.39. The lowest BCUT2D eigenvalue weighted by Gasteiger charge is -2.32. The molecule has 1 aromatic carbocycles. The number of rotatable bonds is 2. The van der Waals surface area contributed by atoms with Crippen LogP contribution in [-0.4, -0.2) is 19.1 Å². The molecule has 0 aliphatic heterocycles. The molecule has 1 aliphatic rings. The van der Waals surface area contributed by atoms with E-state index in [1.807, 2.05) is 24.3 Å². The summed E-state index contributed by atoms with van der Waals surface area (Å²) in [6.07, 6.45) is 2.11. The molecule has 1 aromatic rings. The molecule has 0 aromatic heterocycles. The van der Waals surface area contributed by atoms with Crippen LogP contribution in [0.15, 0.2) is 24.3 Å². The number of halogens is 1. The van der Waals surface area contributed by atoms with Crippen molar-refractivity contribution < 1.29 is 9.53 Å². The van der Waals surface area contributed by atoms with Gasteiger partial charge in [-0.05, 0) is 36.5 Å². The normalized spacial score (nSPS) is 22.9. The summed E-state index contributed by atoms with van der Waals surface area (Å²) >= 11 is 0. The molecule has 0 bridgehead atoms. The number of carbonyl (C=O) groups is 1. The van der Waals surface area contributed by atoms with Gasteiger partial charge in [-0.2, -0.15) is 0 Å². The predicted octanol–water partition coefficient (Wildman–Crippen LogP) is 2.10. The Hall–Kier alpha value is -1.06. The summed E-state index contributed by atoms with van der Waals surface area (Å²) in [5, 5.41) is 0. The highest BCUT2D eigenvalue weighted by atomic mass is 35.5. The van der Waals surface area contributed by atoms with Gasteiger partial charge in [-0.1, -0.05) is 12.1 Å². The number of benzene rings is 1. The fraction of sp³-hybridized carbons (Fsp3) is 0.417. The van der Waals surface area contributed by atoms with Crippen molar-refractivity contribution >= 4 is 18.4 Å². The summed E-state index contributed by atoms with van der Waals surface area (Å²) in [4.78, 5) is 11.2. The molecular weight excluding hydrogens is 226 g/mol. The molecule has 4 heteroatoms. The molecule has 16 heavy (non-hydrogen) atoms. The number of carbonyl (C=O) groups excluding carboxylic acids is 1. The Balaban J connectivity index is 0.00000128. The fourth-order valence-electron chi connectivity index (χ4n) is 1.94. The molecule has 0 heterocycles. The fourth-order valence-corrected chi connectivity index (χ4v) is 1.94. The van der Waals surface area contributed by atoms with E-state index < -0.39 is 0 Å². The summed E-state index contributed by atoms with van der Waals surface area (Å²) in [6, 6.07) is 7.96. The first kappa shape index (κ1) is 13.0. The van der Waals surface area contributed by atoms with Gasteiger partial charge in [-0.3, -0.25) is 0 Å². The lowest BCUT2D eigenvalue weighted by molar-refractivity contribution is 0.0600. The van der Waals surface area contributed by atoms with E-state index in [1.165, 1.54) is 12.7 Å². The predicted molar refractivity (Wildman–Crippen MR) is 65.0 cm³/mol. The molecule has 0 saturated heterocycles. The van der Waals surface area contributed by atoms with Crippen LogP contribution in [0.3, 0.4) is 0 Å². The molecular formula is C12H16ClNO2. The third-order valence-corrected chi connectivity index (χ3v) is 2.98. The number of esters is 1. The van der Waals surface area contributed by atoms with Crippen LogP contribution in [-0.2, 0) is 4.74 Å². The van der Waals surface area contributed by atoms with Gasteiger partial charge in [0.2, 0.25) is 0 Å². The average Bonchev–Trinajstić information content (AvgIpc) is 2.24. The van der Waals surface area contributed by atoms with Gasteiger partial charge in [-0.25, -0.2) is 4.79 Å². The molecule has 0 unspecified atom stereocenters. The van der Waals surface area contributed by atoms with Crippen molar-refractivity contribution in [3.05, 3.63) is 35.4 Å². The maximum absolute atomic E-state index is 11.2. The zero-order chi connectivity index (χ0) is 10.8. The maximum Gasteiger partial charge on any atom is 0.337 e. The summed E-state index contributed by atoms with van der Waals surface area (Å²) in [5.41, 5.74) is 7.60. The van der Waals surface area contributed by atoms with E-state index in [-0.39, 0.29) is 18.4 Å². The van der Waals surface area contributed by atoms with Crippen LogP contribution in [0.25, 0.3) is 0 Å². The van der Waals surface area contributed by atoms with Crippen LogP contribution in [0, 0.1) is 0 Å². The van der Waals surface area contributed by atoms with Gasteiger partial charge in [0, 0.05) is 6.04 Å². The molecule has 1 fully saturated rings. The summed E-state index contributed by atoms with van der Waals surface area (Å²) < 4.78 is 4.64. The molecule has 2 N–H and O–H groups in total. The van der Waals surface area contributed by atoms with Crippen molar-refractivity contribution in [2.45, 2.75) is 24.8 Å². The first-order chi connectivity index (χ1) is 7.20. The Bertz CT molecular complexity index is 358. The van der Waals surface area contributed by atoms with Crippen molar-refractivity contribution in [1.29, 1.82) is 0 Å². The standard InChI is InChI=1S/C12H15NO2.ClH/c1-15-12(14)9-4-2-8(3-5-9)10-6-11(13)7-10;/h2-5,10-11H,6-7,13H2,1H3;1H. The van der Waals surface area contributed by atoms with E-state index in [1.54, 1.807) is 0 Å². The van der Waals surface area contributed by atoms with Crippen LogP contribution in [0.4, 0.5) is 0 Å². The average molecular weight is 242 g/mol. The van der Waals surface area contributed by atoms with Gasteiger partial charge >= 0.3 is 5.97 Å². The lowest BCUT2D eigenvalue weighted by atomic mass is 9.76. The molecule has 1 aliphatic carbocycles. The van der Waals surface area contributed by atoms with Gasteiger partial charge in [0.05, 0.1) is 12.7 Å². The number of methoxy groups -OCH3 is 1. The summed E-state index contributed by atoms with van der Waals surface area (Å²) in [6.45, 7) is 0. The highest BCUT2D eigenvalue weighted by Gasteiger charge is 2.27. The molecule has 0 atom stereocenters. The lowest BCUT2D eigenvalue weighted by Crippen LogP contribution is -2.34. The number of ether oxygens (including phenoxy) is 1. The third-order valence-electron chi connectivity index (χ3n) is 2.98. The largest absolute Gasteiger partial charge is 0.465 e. The van der Waals surface area contributed by atoms with E-state index >= 15 is 0 Å². The van der Waals surface area contributed by atoms with E-state index in [0.717, 1.165) is 12.8 Å². The minimum absolute atomic E-state index is 0. The quantitative estimate of drug-likeness (QED) is 0.807. The second-order valence-electron chi connectivity index (χ2n) is 4.04. The first-order valence-corrected chi connectivity index (χ1v) is 5.14. The van der Waals surface area contributed by atoms with Gasteiger partial charge in [-0.15, -0.1) is 12.4 Å². The number of nitrogens with two attached hydrogens (primary N) is 1. The Labute approximate surface area is 101 Å². The van der Waals surface area contributed by atoms with E-state index in [0.29, 0.717) is 17.5 Å². The molecule has 0 radical (unpaired) electrons. The van der Waals surface area contributed by atoms with Crippen molar-refractivity contribution in [3.63, 3.8) is 0 Å². The zero-order valence-corrected chi connectivity index (χ0v) is 10.00. The van der Waals surface area contributed by atoms with Crippen LogP contribution in [0.5, 0.6) is 0 Å². The smallest absolute Gasteiger partial charge is 0.337 e. The molecule has 3 nitrogen and oxygen atoms in total. The molecule has 0 amide bonds. The second-order valence-corrected chi connectivity index (χ2v) is 4.04. The van der Waals surface area contributed by atoms with Crippen LogP contribution in [0.1, 0.15) is 34.7 Å². The number of hydrogen-bond donors (Lipinski definition) is 1. The van der Waals surface area contributed by atoms with Gasteiger partial charge < -0.3 is 10.5 Å². The second kappa shape index (κ2) is 5.32. The van der Waals surface area contributed by atoms with Crippen LogP contribution < -0.4 is 5.73 Å². The minimum atomic E-state index is -0.285. The Morgan fingerprint density at radius 2 is 1.88 bits per heavy atom. The van der Waals surface area contributed by atoms with Gasteiger partial charge in [0.25, 0.3) is 0 Å². The molecule has 2 rings (SSSR count). The molecule has 1 saturated carbocycles.